The summed E-state index contributed by atoms with van der Waals surface area (Å²) in [5.74, 6) is 2.49. The minimum absolute atomic E-state index is 0.0832. The second-order valence-corrected chi connectivity index (χ2v) is 6.59. The lowest BCUT2D eigenvalue weighted by molar-refractivity contribution is 0.242. The van der Waals surface area contributed by atoms with E-state index in [-0.39, 0.29) is 11.6 Å². The van der Waals surface area contributed by atoms with E-state index in [1.165, 1.54) is 0 Å². The molecule has 0 radical (unpaired) electrons. The van der Waals surface area contributed by atoms with Crippen molar-refractivity contribution in [3.05, 3.63) is 30.1 Å². The highest BCUT2D eigenvalue weighted by atomic mass is 16.5. The first-order valence-electron chi connectivity index (χ1n) is 7.32. The highest BCUT2D eigenvalue weighted by Gasteiger charge is 2.22. The predicted molar refractivity (Wildman–Crippen MR) is 87.6 cm³/mol. The number of nitrogens with zero attached hydrogens (tertiary/aromatic N) is 2. The van der Waals surface area contributed by atoms with Crippen LogP contribution in [0.5, 0.6) is 5.75 Å². The smallest absolute Gasteiger partial charge is 0.132 e. The Morgan fingerprint density at radius 2 is 1.71 bits per heavy atom. The lowest BCUT2D eigenvalue weighted by Gasteiger charge is -2.24. The number of ether oxygens (including phenoxy) is 1. The number of hydrogen-bond acceptors (Lipinski definition) is 3. The molecule has 0 atom stereocenters. The van der Waals surface area contributed by atoms with Gasteiger partial charge in [-0.2, -0.15) is 0 Å². The van der Waals surface area contributed by atoms with Crippen molar-refractivity contribution in [2.75, 3.05) is 5.73 Å². The zero-order valence-electron chi connectivity index (χ0n) is 13.8. The SMILES string of the molecule is Cc1nc(-c2ccc(OC(C)C)cc2)c(N)n1C(C)(C)C. The van der Waals surface area contributed by atoms with Crippen molar-refractivity contribution in [2.24, 2.45) is 0 Å². The maximum Gasteiger partial charge on any atom is 0.132 e. The molecule has 0 spiro atoms. The van der Waals surface area contributed by atoms with Gasteiger partial charge in [0.05, 0.1) is 6.10 Å². The van der Waals surface area contributed by atoms with Gasteiger partial charge in [-0.25, -0.2) is 4.98 Å². The van der Waals surface area contributed by atoms with E-state index in [0.29, 0.717) is 5.82 Å². The van der Waals surface area contributed by atoms with E-state index in [9.17, 15) is 0 Å². The summed E-state index contributed by atoms with van der Waals surface area (Å²) < 4.78 is 7.73. The Morgan fingerprint density at radius 1 is 1.14 bits per heavy atom. The molecule has 1 aromatic carbocycles. The van der Waals surface area contributed by atoms with Gasteiger partial charge >= 0.3 is 0 Å². The van der Waals surface area contributed by atoms with Gasteiger partial charge in [0.15, 0.2) is 0 Å². The second kappa shape index (κ2) is 5.43. The Bertz CT molecular complexity index is 619. The molecule has 0 fully saturated rings. The molecule has 1 aromatic heterocycles. The fourth-order valence-corrected chi connectivity index (χ4v) is 2.57. The summed E-state index contributed by atoms with van der Waals surface area (Å²) >= 11 is 0. The maximum absolute atomic E-state index is 6.31. The van der Waals surface area contributed by atoms with E-state index in [4.69, 9.17) is 10.5 Å². The molecule has 0 bridgehead atoms. The van der Waals surface area contributed by atoms with Crippen LogP contribution in [0, 0.1) is 6.92 Å². The van der Waals surface area contributed by atoms with Crippen LogP contribution in [0.15, 0.2) is 24.3 Å². The van der Waals surface area contributed by atoms with Crippen molar-refractivity contribution in [3.63, 3.8) is 0 Å². The summed E-state index contributed by atoms with van der Waals surface area (Å²) in [6.07, 6.45) is 0.170. The molecule has 4 heteroatoms. The average Bonchev–Trinajstić information content (AvgIpc) is 2.64. The van der Waals surface area contributed by atoms with Gasteiger partial charge in [0.25, 0.3) is 0 Å². The van der Waals surface area contributed by atoms with Crippen molar-refractivity contribution in [1.29, 1.82) is 0 Å². The number of nitrogen functional groups attached to an aromatic ring is 1. The van der Waals surface area contributed by atoms with Crippen molar-refractivity contribution >= 4 is 5.82 Å². The Hall–Kier alpha value is -1.97. The third-order valence-electron chi connectivity index (χ3n) is 3.25. The van der Waals surface area contributed by atoms with Gasteiger partial charge in [0, 0.05) is 11.1 Å². The summed E-state index contributed by atoms with van der Waals surface area (Å²) in [7, 11) is 0. The van der Waals surface area contributed by atoms with E-state index < -0.39 is 0 Å². The number of anilines is 1. The van der Waals surface area contributed by atoms with Crippen LogP contribution in [-0.2, 0) is 5.54 Å². The van der Waals surface area contributed by atoms with Crippen LogP contribution in [-0.4, -0.2) is 15.7 Å². The van der Waals surface area contributed by atoms with Crippen LogP contribution in [0.2, 0.25) is 0 Å². The molecule has 0 aliphatic rings. The molecular formula is C17H25N3O. The molecule has 0 unspecified atom stereocenters. The number of imidazole rings is 1. The summed E-state index contributed by atoms with van der Waals surface area (Å²) in [5, 5.41) is 0. The first-order chi connectivity index (χ1) is 9.70. The summed E-state index contributed by atoms with van der Waals surface area (Å²) in [6.45, 7) is 12.4. The van der Waals surface area contributed by atoms with Gasteiger partial charge < -0.3 is 15.0 Å². The molecule has 2 N–H and O–H groups in total. The van der Waals surface area contributed by atoms with E-state index in [1.807, 2.05) is 45.0 Å². The zero-order chi connectivity index (χ0) is 15.8. The number of benzene rings is 1. The van der Waals surface area contributed by atoms with Crippen molar-refractivity contribution in [2.45, 2.75) is 53.2 Å². The van der Waals surface area contributed by atoms with Crippen molar-refractivity contribution < 1.29 is 4.74 Å². The minimum atomic E-state index is -0.0832. The molecule has 0 aliphatic heterocycles. The van der Waals surface area contributed by atoms with Gasteiger partial charge in [0.2, 0.25) is 0 Å². The van der Waals surface area contributed by atoms with Gasteiger partial charge in [-0.1, -0.05) is 0 Å². The van der Waals surface area contributed by atoms with E-state index >= 15 is 0 Å². The Labute approximate surface area is 127 Å². The number of aromatic nitrogens is 2. The Kier molecular flexibility index (Phi) is 3.99. The molecular weight excluding hydrogens is 262 g/mol. The predicted octanol–water partition coefficient (Wildman–Crippen LogP) is 3.98. The second-order valence-electron chi connectivity index (χ2n) is 6.59. The van der Waals surface area contributed by atoms with Crippen LogP contribution >= 0.6 is 0 Å². The molecule has 2 aromatic rings. The third-order valence-corrected chi connectivity index (χ3v) is 3.25. The molecule has 0 amide bonds. The van der Waals surface area contributed by atoms with Crippen molar-refractivity contribution in [3.8, 4) is 17.0 Å². The lowest BCUT2D eigenvalue weighted by Crippen LogP contribution is -2.24. The number of hydrogen-bond donors (Lipinski definition) is 1. The number of nitrogens with two attached hydrogens (primary N) is 1. The third kappa shape index (κ3) is 3.20. The fraction of sp³-hybridized carbons (Fsp3) is 0.471. The highest BCUT2D eigenvalue weighted by molar-refractivity contribution is 5.71. The average molecular weight is 287 g/mol. The van der Waals surface area contributed by atoms with Crippen molar-refractivity contribution in [1.82, 2.24) is 9.55 Å². The standard InChI is InChI=1S/C17H25N3O/c1-11(2)21-14-9-7-13(8-10-14)15-16(18)20(12(3)19-15)17(4,5)6/h7-11H,18H2,1-6H3. The molecule has 0 saturated carbocycles. The Morgan fingerprint density at radius 3 is 2.14 bits per heavy atom. The van der Waals surface area contributed by atoms with Crippen LogP contribution in [0.25, 0.3) is 11.3 Å². The largest absolute Gasteiger partial charge is 0.491 e. The molecule has 21 heavy (non-hydrogen) atoms. The first kappa shape index (κ1) is 15.4. The van der Waals surface area contributed by atoms with E-state index in [0.717, 1.165) is 22.8 Å². The number of rotatable bonds is 3. The van der Waals surface area contributed by atoms with E-state index in [2.05, 4.69) is 30.3 Å². The van der Waals surface area contributed by atoms with Crippen LogP contribution in [0.4, 0.5) is 5.82 Å². The topological polar surface area (TPSA) is 53.1 Å². The van der Waals surface area contributed by atoms with Crippen LogP contribution in [0.1, 0.15) is 40.4 Å². The molecule has 114 valence electrons. The zero-order valence-corrected chi connectivity index (χ0v) is 13.8. The lowest BCUT2D eigenvalue weighted by atomic mass is 10.1. The maximum atomic E-state index is 6.31. The molecule has 1 heterocycles. The van der Waals surface area contributed by atoms with Crippen LogP contribution in [0.3, 0.4) is 0 Å². The quantitative estimate of drug-likeness (QED) is 0.929. The summed E-state index contributed by atoms with van der Waals surface area (Å²) in [4.78, 5) is 4.63. The Balaban J connectivity index is 2.39. The molecule has 4 nitrogen and oxygen atoms in total. The monoisotopic (exact) mass is 287 g/mol. The molecule has 0 aliphatic carbocycles. The number of aryl methyl sites for hydroxylation is 1. The molecule has 0 saturated heterocycles. The normalized spacial score (nSPS) is 12.0. The van der Waals surface area contributed by atoms with Gasteiger partial charge in [-0.05, 0) is 65.8 Å². The first-order valence-corrected chi connectivity index (χ1v) is 7.32. The summed E-state index contributed by atoms with van der Waals surface area (Å²) in [6, 6.07) is 7.92. The molecule has 2 rings (SSSR count). The highest BCUT2D eigenvalue weighted by Crippen LogP contribution is 2.31. The van der Waals surface area contributed by atoms with Gasteiger partial charge in [-0.15, -0.1) is 0 Å². The van der Waals surface area contributed by atoms with Crippen LogP contribution < -0.4 is 10.5 Å². The minimum Gasteiger partial charge on any atom is -0.491 e. The fourth-order valence-electron chi connectivity index (χ4n) is 2.57. The van der Waals surface area contributed by atoms with E-state index in [1.54, 1.807) is 0 Å². The van der Waals surface area contributed by atoms with Gasteiger partial charge in [-0.3, -0.25) is 0 Å². The summed E-state index contributed by atoms with van der Waals surface area (Å²) in [5.41, 5.74) is 8.07. The van der Waals surface area contributed by atoms with Gasteiger partial charge in [0.1, 0.15) is 23.1 Å².